The Morgan fingerprint density at radius 1 is 0.700 bits per heavy atom. The summed E-state index contributed by atoms with van der Waals surface area (Å²) in [6, 6.07) is 0. The van der Waals surface area contributed by atoms with Crippen LogP contribution in [-0.2, 0) is 9.47 Å². The molecular weight excluding hydrogens is 252 g/mol. The topological polar surface area (TPSA) is 38.7 Å². The predicted molar refractivity (Wildman–Crippen MR) is 84.9 cm³/mol. The molecule has 0 aliphatic heterocycles. The van der Waals surface area contributed by atoms with Crippen molar-refractivity contribution in [3.63, 3.8) is 0 Å². The molecule has 0 fully saturated rings. The Kier molecular flexibility index (Phi) is 16.8. The minimum Gasteiger partial charge on any atom is -0.396 e. The largest absolute Gasteiger partial charge is 0.396 e. The predicted octanol–water partition coefficient (Wildman–Crippen LogP) is 4.67. The van der Waals surface area contributed by atoms with Crippen LogP contribution in [0.2, 0.25) is 0 Å². The smallest absolute Gasteiger partial charge is 0.159 e. The molecule has 1 N–H and O–H groups in total. The number of hydrogen-bond acceptors (Lipinski definition) is 3. The average molecular weight is 288 g/mol. The van der Waals surface area contributed by atoms with Gasteiger partial charge in [-0.3, -0.25) is 0 Å². The second-order valence-corrected chi connectivity index (χ2v) is 5.51. The zero-order valence-electron chi connectivity index (χ0n) is 13.7. The van der Waals surface area contributed by atoms with E-state index >= 15 is 0 Å². The van der Waals surface area contributed by atoms with Crippen LogP contribution in [0.1, 0.15) is 84.5 Å². The number of aliphatic hydroxyl groups is 1. The Morgan fingerprint density at radius 3 is 1.55 bits per heavy atom. The lowest BCUT2D eigenvalue weighted by Gasteiger charge is -2.17. The summed E-state index contributed by atoms with van der Waals surface area (Å²) in [6.45, 7) is 6.09. The lowest BCUT2D eigenvalue weighted by atomic mass is 10.2. The number of unbranched alkanes of at least 4 members (excludes halogenated alkanes) is 8. The summed E-state index contributed by atoms with van der Waals surface area (Å²) in [4.78, 5) is 0. The quantitative estimate of drug-likeness (QED) is 0.331. The van der Waals surface area contributed by atoms with Gasteiger partial charge in [0, 0.05) is 26.2 Å². The summed E-state index contributed by atoms with van der Waals surface area (Å²) in [5.74, 6) is 0. The van der Waals surface area contributed by atoms with E-state index in [0.29, 0.717) is 6.42 Å². The molecule has 0 spiro atoms. The molecule has 20 heavy (non-hydrogen) atoms. The summed E-state index contributed by atoms with van der Waals surface area (Å²) in [5, 5.41) is 9.02. The Hall–Kier alpha value is -0.120. The molecule has 0 heterocycles. The molecule has 3 nitrogen and oxygen atoms in total. The van der Waals surface area contributed by atoms with Crippen LogP contribution in [0.3, 0.4) is 0 Å². The van der Waals surface area contributed by atoms with Gasteiger partial charge < -0.3 is 14.6 Å². The summed E-state index contributed by atoms with van der Waals surface area (Å²) in [6.07, 6.45) is 12.8. The van der Waals surface area contributed by atoms with E-state index in [2.05, 4.69) is 13.8 Å². The first-order chi connectivity index (χ1) is 9.85. The zero-order valence-corrected chi connectivity index (χ0v) is 13.7. The maximum atomic E-state index is 9.02. The molecule has 0 aromatic carbocycles. The molecule has 0 amide bonds. The van der Waals surface area contributed by atoms with Crippen LogP contribution >= 0.6 is 0 Å². The minimum absolute atomic E-state index is 0.135. The van der Waals surface area contributed by atoms with Crippen LogP contribution in [0.15, 0.2) is 0 Å². The maximum absolute atomic E-state index is 9.02. The Bertz CT molecular complexity index is 158. The third-order valence-electron chi connectivity index (χ3n) is 3.47. The Labute approximate surface area is 126 Å². The van der Waals surface area contributed by atoms with Crippen molar-refractivity contribution in [2.75, 3.05) is 19.8 Å². The highest BCUT2D eigenvalue weighted by Gasteiger charge is 2.08. The molecule has 0 saturated carbocycles. The molecule has 0 aliphatic carbocycles. The van der Waals surface area contributed by atoms with Crippen LogP contribution in [0.4, 0.5) is 0 Å². The van der Waals surface area contributed by atoms with Gasteiger partial charge in [0.25, 0.3) is 0 Å². The number of rotatable bonds is 16. The summed E-state index contributed by atoms with van der Waals surface area (Å²) in [7, 11) is 0. The molecule has 122 valence electrons. The van der Waals surface area contributed by atoms with E-state index in [-0.39, 0.29) is 12.9 Å². The van der Waals surface area contributed by atoms with Crippen molar-refractivity contribution in [1.82, 2.24) is 0 Å². The SMILES string of the molecule is CCCCCCCOC(CCO)OCCCCCCC. The van der Waals surface area contributed by atoms with E-state index < -0.39 is 0 Å². The lowest BCUT2D eigenvalue weighted by Crippen LogP contribution is -2.20. The minimum atomic E-state index is -0.211. The molecule has 0 aromatic rings. The van der Waals surface area contributed by atoms with Crippen molar-refractivity contribution in [1.29, 1.82) is 0 Å². The highest BCUT2D eigenvalue weighted by molar-refractivity contribution is 4.48. The van der Waals surface area contributed by atoms with Gasteiger partial charge in [0.1, 0.15) is 0 Å². The van der Waals surface area contributed by atoms with Crippen LogP contribution in [0.25, 0.3) is 0 Å². The molecule has 0 aromatic heterocycles. The standard InChI is InChI=1S/C17H36O3/c1-3-5-7-9-11-15-19-17(13-14-18)20-16-12-10-8-6-4-2/h17-18H,3-16H2,1-2H3. The van der Waals surface area contributed by atoms with Crippen LogP contribution < -0.4 is 0 Å². The summed E-state index contributed by atoms with van der Waals surface area (Å²) in [5.41, 5.74) is 0. The fourth-order valence-corrected chi connectivity index (χ4v) is 2.16. The highest BCUT2D eigenvalue weighted by atomic mass is 16.7. The van der Waals surface area contributed by atoms with Gasteiger partial charge in [0.05, 0.1) is 0 Å². The molecule has 0 aliphatic rings. The van der Waals surface area contributed by atoms with Crippen molar-refractivity contribution in [3.05, 3.63) is 0 Å². The zero-order chi connectivity index (χ0) is 14.9. The summed E-state index contributed by atoms with van der Waals surface area (Å²) >= 11 is 0. The second kappa shape index (κ2) is 16.9. The first-order valence-electron chi connectivity index (χ1n) is 8.69. The molecule has 0 saturated heterocycles. The van der Waals surface area contributed by atoms with E-state index in [9.17, 15) is 0 Å². The average Bonchev–Trinajstić information content (AvgIpc) is 2.46. The maximum Gasteiger partial charge on any atom is 0.159 e. The fraction of sp³-hybridized carbons (Fsp3) is 1.00. The first kappa shape index (κ1) is 19.9. The molecule has 0 radical (unpaired) electrons. The van der Waals surface area contributed by atoms with Crippen LogP contribution in [0, 0.1) is 0 Å². The van der Waals surface area contributed by atoms with Gasteiger partial charge in [0.2, 0.25) is 0 Å². The number of aliphatic hydroxyl groups excluding tert-OH is 1. The van der Waals surface area contributed by atoms with Gasteiger partial charge in [-0.25, -0.2) is 0 Å². The van der Waals surface area contributed by atoms with E-state index in [1.807, 2.05) is 0 Å². The first-order valence-corrected chi connectivity index (χ1v) is 8.69. The van der Waals surface area contributed by atoms with Crippen molar-refractivity contribution in [3.8, 4) is 0 Å². The van der Waals surface area contributed by atoms with Crippen LogP contribution in [-0.4, -0.2) is 31.2 Å². The number of ether oxygens (including phenoxy) is 2. The van der Waals surface area contributed by atoms with Crippen molar-refractivity contribution in [2.24, 2.45) is 0 Å². The monoisotopic (exact) mass is 288 g/mol. The second-order valence-electron chi connectivity index (χ2n) is 5.51. The molecule has 0 unspecified atom stereocenters. The Balaban J connectivity index is 3.45. The van der Waals surface area contributed by atoms with Crippen LogP contribution in [0.5, 0.6) is 0 Å². The van der Waals surface area contributed by atoms with E-state index in [4.69, 9.17) is 14.6 Å². The third kappa shape index (κ3) is 14.3. The summed E-state index contributed by atoms with van der Waals surface area (Å²) < 4.78 is 11.4. The van der Waals surface area contributed by atoms with E-state index in [1.54, 1.807) is 0 Å². The van der Waals surface area contributed by atoms with E-state index in [1.165, 1.54) is 51.4 Å². The van der Waals surface area contributed by atoms with Gasteiger partial charge in [-0.1, -0.05) is 65.2 Å². The van der Waals surface area contributed by atoms with Gasteiger partial charge in [-0.05, 0) is 12.8 Å². The van der Waals surface area contributed by atoms with Gasteiger partial charge >= 0.3 is 0 Å². The highest BCUT2D eigenvalue weighted by Crippen LogP contribution is 2.08. The van der Waals surface area contributed by atoms with Gasteiger partial charge in [-0.15, -0.1) is 0 Å². The van der Waals surface area contributed by atoms with E-state index in [0.717, 1.165) is 26.1 Å². The van der Waals surface area contributed by atoms with Crippen molar-refractivity contribution >= 4 is 0 Å². The molecule has 0 atom stereocenters. The lowest BCUT2D eigenvalue weighted by molar-refractivity contribution is -0.151. The Morgan fingerprint density at radius 2 is 1.15 bits per heavy atom. The van der Waals surface area contributed by atoms with Crippen molar-refractivity contribution < 1.29 is 14.6 Å². The molecule has 3 heteroatoms. The van der Waals surface area contributed by atoms with Gasteiger partial charge in [-0.2, -0.15) is 0 Å². The van der Waals surface area contributed by atoms with Crippen molar-refractivity contribution in [2.45, 2.75) is 90.8 Å². The number of hydrogen-bond donors (Lipinski definition) is 1. The fourth-order valence-electron chi connectivity index (χ4n) is 2.16. The molecule has 0 rings (SSSR count). The molecule has 0 bridgehead atoms. The normalized spacial score (nSPS) is 11.4. The van der Waals surface area contributed by atoms with Gasteiger partial charge in [0.15, 0.2) is 6.29 Å². The third-order valence-corrected chi connectivity index (χ3v) is 3.47. The molecular formula is C17H36O3.